The number of phenols is 1. The van der Waals surface area contributed by atoms with Gasteiger partial charge in [0.1, 0.15) is 5.75 Å². The smallest absolute Gasteiger partial charge is 0.277 e. The topological polar surface area (TPSA) is 49.8 Å². The van der Waals surface area contributed by atoms with Gasteiger partial charge in [0.05, 0.1) is 7.11 Å². The second kappa shape index (κ2) is 7.35. The Morgan fingerprint density at radius 1 is 0.889 bits per heavy atom. The molecule has 0 saturated carbocycles. The van der Waals surface area contributed by atoms with Gasteiger partial charge < -0.3 is 5.11 Å². The monoisotopic (exact) mass is 369 g/mol. The molecule has 0 aliphatic rings. The maximum absolute atomic E-state index is 12.7. The zero-order valence-corrected chi connectivity index (χ0v) is 17.7. The van der Waals surface area contributed by atoms with Crippen molar-refractivity contribution >= 4 is 5.91 Å². The number of amides is 1. The molecule has 0 fully saturated rings. The van der Waals surface area contributed by atoms with Crippen LogP contribution in [0.3, 0.4) is 0 Å². The Kier molecular flexibility index (Phi) is 5.71. The van der Waals surface area contributed by atoms with Crippen molar-refractivity contribution in [3.05, 3.63) is 53.1 Å². The quantitative estimate of drug-likeness (QED) is 0.748. The Labute approximate surface area is 162 Å². The second-order valence-corrected chi connectivity index (χ2v) is 8.98. The van der Waals surface area contributed by atoms with Crippen molar-refractivity contribution in [2.45, 2.75) is 52.4 Å². The van der Waals surface area contributed by atoms with Crippen LogP contribution >= 0.6 is 0 Å². The first kappa shape index (κ1) is 21.0. The number of hydrogen-bond acceptors (Lipinski definition) is 3. The lowest BCUT2D eigenvalue weighted by atomic mass is 9.81. The molecular weight excluding hydrogens is 338 g/mol. The first-order chi connectivity index (χ1) is 12.4. The first-order valence-corrected chi connectivity index (χ1v) is 9.17. The van der Waals surface area contributed by atoms with E-state index in [9.17, 15) is 9.90 Å². The third kappa shape index (κ3) is 4.51. The number of phenolic OH excluding ortho intramolecular Hbond substituents is 1. The fraction of sp³-hybridized carbons (Fsp3) is 0.435. The molecule has 27 heavy (non-hydrogen) atoms. The van der Waals surface area contributed by atoms with Gasteiger partial charge in [-0.2, -0.15) is 0 Å². The minimum absolute atomic E-state index is 0.163. The van der Waals surface area contributed by atoms with Gasteiger partial charge in [-0.25, -0.2) is 5.06 Å². The van der Waals surface area contributed by atoms with Crippen molar-refractivity contribution in [3.8, 4) is 16.9 Å². The highest BCUT2D eigenvalue weighted by Crippen LogP contribution is 2.36. The van der Waals surface area contributed by atoms with E-state index in [0.29, 0.717) is 11.3 Å². The Morgan fingerprint density at radius 2 is 1.37 bits per heavy atom. The zero-order chi connectivity index (χ0) is 20.6. The largest absolute Gasteiger partial charge is 0.508 e. The predicted molar refractivity (Wildman–Crippen MR) is 110 cm³/mol. The highest BCUT2D eigenvalue weighted by Gasteiger charge is 2.25. The molecule has 1 amide bonds. The van der Waals surface area contributed by atoms with E-state index in [1.54, 1.807) is 13.1 Å². The van der Waals surface area contributed by atoms with E-state index in [0.717, 1.165) is 22.3 Å². The van der Waals surface area contributed by atoms with Gasteiger partial charge in [0.2, 0.25) is 0 Å². The van der Waals surface area contributed by atoms with Gasteiger partial charge in [0.15, 0.2) is 0 Å². The lowest BCUT2D eigenvalue weighted by molar-refractivity contribution is -0.0758. The highest BCUT2D eigenvalue weighted by molar-refractivity contribution is 5.96. The molecule has 0 aromatic heterocycles. The Bertz CT molecular complexity index is 842. The van der Waals surface area contributed by atoms with Crippen LogP contribution in [0.25, 0.3) is 11.1 Å². The van der Waals surface area contributed by atoms with Gasteiger partial charge in [-0.1, -0.05) is 53.7 Å². The number of carbonyl (C=O) groups is 1. The van der Waals surface area contributed by atoms with Crippen molar-refractivity contribution in [2.24, 2.45) is 0 Å². The minimum atomic E-state index is -0.209. The number of rotatable bonds is 3. The van der Waals surface area contributed by atoms with Crippen LogP contribution < -0.4 is 0 Å². The second-order valence-electron chi connectivity index (χ2n) is 8.98. The number of hydrogen-bond donors (Lipinski definition) is 1. The third-order valence-corrected chi connectivity index (χ3v) is 4.76. The van der Waals surface area contributed by atoms with E-state index in [4.69, 9.17) is 4.84 Å². The Hall–Kier alpha value is -2.33. The minimum Gasteiger partial charge on any atom is -0.508 e. The summed E-state index contributed by atoms with van der Waals surface area (Å²) in [7, 11) is 3.09. The summed E-state index contributed by atoms with van der Waals surface area (Å²) in [6.07, 6.45) is 0. The molecule has 146 valence electrons. The Balaban J connectivity index is 2.63. The fourth-order valence-corrected chi connectivity index (χ4v) is 3.10. The lowest BCUT2D eigenvalue weighted by Gasteiger charge is -2.26. The molecule has 0 radical (unpaired) electrons. The Morgan fingerprint density at radius 3 is 1.85 bits per heavy atom. The number of benzene rings is 2. The molecule has 2 aromatic carbocycles. The van der Waals surface area contributed by atoms with Crippen LogP contribution in [0.15, 0.2) is 36.4 Å². The highest BCUT2D eigenvalue weighted by atomic mass is 16.7. The van der Waals surface area contributed by atoms with Crippen molar-refractivity contribution in [1.82, 2.24) is 5.06 Å². The summed E-state index contributed by atoms with van der Waals surface area (Å²) in [5.41, 5.74) is 4.15. The summed E-state index contributed by atoms with van der Waals surface area (Å²) < 4.78 is 0. The van der Waals surface area contributed by atoms with E-state index >= 15 is 0 Å². The molecule has 0 atom stereocenters. The molecule has 4 nitrogen and oxygen atoms in total. The summed E-state index contributed by atoms with van der Waals surface area (Å²) in [5.74, 6) is 0.130. The number of hydroxylamine groups is 2. The average molecular weight is 370 g/mol. The van der Waals surface area contributed by atoms with Crippen molar-refractivity contribution < 1.29 is 14.7 Å². The first-order valence-electron chi connectivity index (χ1n) is 9.17. The number of aromatic hydroxyl groups is 1. The predicted octanol–water partition coefficient (Wildman–Crippen LogP) is 5.29. The standard InChI is InChI=1S/C23H31NO3/c1-22(2,3)18-13-15(9-11-17(18)21(26)24(7)27-8)16-10-12-20(25)19(14-16)23(4,5)6/h9-14,25H,1-8H3. The summed E-state index contributed by atoms with van der Waals surface area (Å²) in [6.45, 7) is 12.5. The van der Waals surface area contributed by atoms with E-state index in [-0.39, 0.29) is 16.7 Å². The maximum Gasteiger partial charge on any atom is 0.277 e. The molecule has 0 aliphatic carbocycles. The molecule has 0 spiro atoms. The summed E-state index contributed by atoms with van der Waals surface area (Å²) >= 11 is 0. The summed E-state index contributed by atoms with van der Waals surface area (Å²) in [5, 5.41) is 11.5. The fourth-order valence-electron chi connectivity index (χ4n) is 3.10. The van der Waals surface area contributed by atoms with Gasteiger partial charge in [-0.05, 0) is 57.3 Å². The van der Waals surface area contributed by atoms with Crippen LogP contribution in [0.2, 0.25) is 0 Å². The van der Waals surface area contributed by atoms with E-state index < -0.39 is 0 Å². The van der Waals surface area contributed by atoms with Crippen LogP contribution in [-0.4, -0.2) is 30.2 Å². The van der Waals surface area contributed by atoms with Crippen molar-refractivity contribution in [2.75, 3.05) is 14.2 Å². The molecule has 1 N–H and O–H groups in total. The third-order valence-electron chi connectivity index (χ3n) is 4.76. The zero-order valence-electron chi connectivity index (χ0n) is 17.7. The number of nitrogens with zero attached hydrogens (tertiary/aromatic N) is 1. The molecular formula is C23H31NO3. The van der Waals surface area contributed by atoms with Gasteiger partial charge >= 0.3 is 0 Å². The van der Waals surface area contributed by atoms with Gasteiger partial charge in [-0.3, -0.25) is 9.63 Å². The normalized spacial score (nSPS) is 12.1. The van der Waals surface area contributed by atoms with Crippen LogP contribution in [0.4, 0.5) is 0 Å². The summed E-state index contributed by atoms with van der Waals surface area (Å²) in [6, 6.07) is 11.6. The molecule has 4 heteroatoms. The average Bonchev–Trinajstić information content (AvgIpc) is 2.58. The van der Waals surface area contributed by atoms with Gasteiger partial charge in [0.25, 0.3) is 5.91 Å². The van der Waals surface area contributed by atoms with E-state index in [1.807, 2.05) is 24.3 Å². The maximum atomic E-state index is 12.7. The molecule has 0 heterocycles. The lowest BCUT2D eigenvalue weighted by Crippen LogP contribution is -2.28. The SMILES string of the molecule is CON(C)C(=O)c1ccc(-c2ccc(O)c(C(C)(C)C)c2)cc1C(C)(C)C. The van der Waals surface area contributed by atoms with E-state index in [2.05, 4.69) is 47.6 Å². The van der Waals surface area contributed by atoms with Gasteiger partial charge in [-0.15, -0.1) is 0 Å². The van der Waals surface area contributed by atoms with Crippen molar-refractivity contribution in [3.63, 3.8) is 0 Å². The molecule has 2 aromatic rings. The molecule has 0 unspecified atom stereocenters. The van der Waals surface area contributed by atoms with Gasteiger partial charge in [0, 0.05) is 12.6 Å². The summed E-state index contributed by atoms with van der Waals surface area (Å²) in [4.78, 5) is 17.8. The molecule has 2 rings (SSSR count). The van der Waals surface area contributed by atoms with Crippen LogP contribution in [0, 0.1) is 0 Å². The molecule has 0 saturated heterocycles. The molecule has 0 aliphatic heterocycles. The molecule has 0 bridgehead atoms. The van der Waals surface area contributed by atoms with E-state index in [1.165, 1.54) is 12.2 Å². The van der Waals surface area contributed by atoms with Crippen LogP contribution in [0.5, 0.6) is 5.75 Å². The van der Waals surface area contributed by atoms with Crippen LogP contribution in [0.1, 0.15) is 63.0 Å². The number of carbonyl (C=O) groups excluding carboxylic acids is 1. The van der Waals surface area contributed by atoms with Crippen LogP contribution in [-0.2, 0) is 15.7 Å². The van der Waals surface area contributed by atoms with Crippen molar-refractivity contribution in [1.29, 1.82) is 0 Å².